The van der Waals surface area contributed by atoms with Crippen LogP contribution in [0.2, 0.25) is 5.02 Å². The molecule has 1 amide bonds. The Morgan fingerprint density at radius 2 is 2.00 bits per heavy atom. The molecule has 1 aromatic carbocycles. The van der Waals surface area contributed by atoms with Gasteiger partial charge in [0, 0.05) is 10.6 Å². The first-order chi connectivity index (χ1) is 9.60. The molecule has 0 aliphatic carbocycles. The molecule has 0 aliphatic heterocycles. The fraction of sp³-hybridized carbons (Fsp3) is 0.462. The molecule has 118 valence electrons. The van der Waals surface area contributed by atoms with E-state index >= 15 is 0 Å². The highest BCUT2D eigenvalue weighted by Crippen LogP contribution is 2.26. The van der Waals surface area contributed by atoms with Gasteiger partial charge >= 0.3 is 0 Å². The molecule has 1 aromatic rings. The van der Waals surface area contributed by atoms with Gasteiger partial charge < -0.3 is 5.32 Å². The minimum Gasteiger partial charge on any atom is -0.348 e. The van der Waals surface area contributed by atoms with Crippen LogP contribution in [-0.4, -0.2) is 27.1 Å². The third-order valence-electron chi connectivity index (χ3n) is 2.78. The topological polar surface area (TPSA) is 75.3 Å². The summed E-state index contributed by atoms with van der Waals surface area (Å²) in [6, 6.07) is 3.65. The second kappa shape index (κ2) is 7.20. The van der Waals surface area contributed by atoms with Gasteiger partial charge in [0.2, 0.25) is 15.9 Å². The Balaban J connectivity index is 2.85. The van der Waals surface area contributed by atoms with E-state index in [1.54, 1.807) is 0 Å². The van der Waals surface area contributed by atoms with Crippen molar-refractivity contribution in [1.29, 1.82) is 0 Å². The zero-order valence-electron chi connectivity index (χ0n) is 12.0. The Labute approximate surface area is 128 Å². The van der Waals surface area contributed by atoms with Gasteiger partial charge in [0.05, 0.1) is 18.8 Å². The number of halogens is 2. The number of hydrogen-bond acceptors (Lipinski definition) is 3. The Kier molecular flexibility index (Phi) is 6.12. The molecule has 21 heavy (non-hydrogen) atoms. The number of amides is 1. The van der Waals surface area contributed by atoms with Gasteiger partial charge in [0.15, 0.2) is 0 Å². The van der Waals surface area contributed by atoms with Crippen LogP contribution in [0.4, 0.5) is 4.39 Å². The van der Waals surface area contributed by atoms with Crippen LogP contribution in [0.5, 0.6) is 0 Å². The van der Waals surface area contributed by atoms with Crippen molar-refractivity contribution < 1.29 is 17.6 Å². The van der Waals surface area contributed by atoms with Crippen molar-refractivity contribution in [2.24, 2.45) is 5.92 Å². The molecule has 2 N–H and O–H groups in total. The second-order valence-electron chi connectivity index (χ2n) is 5.05. The molecule has 0 aromatic heterocycles. The number of hydrogen-bond donors (Lipinski definition) is 2. The standard InChI is InChI=1S/C13H18ClFN2O3S/c1-8(2)13(10-5-4-9(14)6-11(10)15)17-12(18)7-16-21(3,19)20/h4-6,8,13,16H,7H2,1-3H3,(H,17,18)/t13-/m1/s1. The molecule has 0 radical (unpaired) electrons. The van der Waals surface area contributed by atoms with Crippen LogP contribution in [0, 0.1) is 11.7 Å². The van der Waals surface area contributed by atoms with Crippen molar-refractivity contribution in [3.8, 4) is 0 Å². The lowest BCUT2D eigenvalue weighted by Crippen LogP contribution is -2.40. The molecule has 0 heterocycles. The van der Waals surface area contributed by atoms with Crippen LogP contribution in [0.1, 0.15) is 25.5 Å². The first-order valence-corrected chi connectivity index (χ1v) is 8.56. The van der Waals surface area contributed by atoms with Crippen LogP contribution >= 0.6 is 11.6 Å². The quantitative estimate of drug-likeness (QED) is 0.832. The number of carbonyl (C=O) groups excluding carboxylic acids is 1. The van der Waals surface area contributed by atoms with Gasteiger partial charge in [-0.2, -0.15) is 0 Å². The molecular weight excluding hydrogens is 319 g/mol. The minimum atomic E-state index is -3.46. The normalized spacial score (nSPS) is 13.2. The molecule has 0 saturated heterocycles. The predicted octanol–water partition coefficient (Wildman–Crippen LogP) is 1.84. The summed E-state index contributed by atoms with van der Waals surface area (Å²) in [5, 5.41) is 2.88. The van der Waals surface area contributed by atoms with E-state index in [1.165, 1.54) is 18.2 Å². The van der Waals surface area contributed by atoms with E-state index in [0.29, 0.717) is 5.56 Å². The molecule has 1 rings (SSSR count). The third kappa shape index (κ3) is 5.99. The van der Waals surface area contributed by atoms with Crippen molar-refractivity contribution in [2.75, 3.05) is 12.8 Å². The van der Waals surface area contributed by atoms with Crippen molar-refractivity contribution in [3.05, 3.63) is 34.6 Å². The molecule has 5 nitrogen and oxygen atoms in total. The first kappa shape index (κ1) is 17.9. The van der Waals surface area contributed by atoms with E-state index in [1.807, 2.05) is 13.8 Å². The summed E-state index contributed by atoms with van der Waals surface area (Å²) in [4.78, 5) is 11.8. The molecule has 8 heteroatoms. The summed E-state index contributed by atoms with van der Waals surface area (Å²) in [6.45, 7) is 3.25. The summed E-state index contributed by atoms with van der Waals surface area (Å²) in [5.74, 6) is -1.13. The number of benzene rings is 1. The van der Waals surface area contributed by atoms with Crippen molar-refractivity contribution in [1.82, 2.24) is 10.0 Å². The van der Waals surface area contributed by atoms with Gasteiger partial charge in [0.1, 0.15) is 5.82 Å². The van der Waals surface area contributed by atoms with Crippen LogP contribution in [0.25, 0.3) is 0 Å². The average Bonchev–Trinajstić information content (AvgIpc) is 2.33. The molecular formula is C13H18ClFN2O3S. The Morgan fingerprint density at radius 3 is 2.48 bits per heavy atom. The molecule has 0 saturated carbocycles. The lowest BCUT2D eigenvalue weighted by molar-refractivity contribution is -0.121. The largest absolute Gasteiger partial charge is 0.348 e. The summed E-state index contributed by atoms with van der Waals surface area (Å²) in [5.41, 5.74) is 0.308. The molecule has 0 unspecified atom stereocenters. The number of carbonyl (C=O) groups is 1. The van der Waals surface area contributed by atoms with Gasteiger partial charge in [-0.1, -0.05) is 31.5 Å². The highest BCUT2D eigenvalue weighted by atomic mass is 35.5. The Bertz CT molecular complexity index is 620. The average molecular weight is 337 g/mol. The molecule has 0 fully saturated rings. The fourth-order valence-electron chi connectivity index (χ4n) is 1.78. The van der Waals surface area contributed by atoms with E-state index in [4.69, 9.17) is 11.6 Å². The van der Waals surface area contributed by atoms with Crippen molar-refractivity contribution in [2.45, 2.75) is 19.9 Å². The maximum absolute atomic E-state index is 13.9. The SMILES string of the molecule is CC(C)[C@@H](NC(=O)CNS(C)(=O)=O)c1ccc(Cl)cc1F. The fourth-order valence-corrected chi connectivity index (χ4v) is 2.33. The van der Waals surface area contributed by atoms with E-state index in [2.05, 4.69) is 10.0 Å². The molecule has 0 spiro atoms. The van der Waals surface area contributed by atoms with E-state index in [0.717, 1.165) is 6.26 Å². The van der Waals surface area contributed by atoms with Gasteiger partial charge in [-0.25, -0.2) is 17.5 Å². The van der Waals surface area contributed by atoms with E-state index < -0.39 is 34.3 Å². The number of sulfonamides is 1. The van der Waals surface area contributed by atoms with Gasteiger partial charge in [-0.05, 0) is 18.1 Å². The summed E-state index contributed by atoms with van der Waals surface area (Å²) < 4.78 is 37.9. The smallest absolute Gasteiger partial charge is 0.235 e. The summed E-state index contributed by atoms with van der Waals surface area (Å²) >= 11 is 5.70. The molecule has 0 bridgehead atoms. The Morgan fingerprint density at radius 1 is 1.38 bits per heavy atom. The number of nitrogens with one attached hydrogen (secondary N) is 2. The molecule has 1 atom stereocenters. The number of rotatable bonds is 6. The lowest BCUT2D eigenvalue weighted by atomic mass is 9.95. The van der Waals surface area contributed by atoms with Crippen molar-refractivity contribution in [3.63, 3.8) is 0 Å². The van der Waals surface area contributed by atoms with Crippen LogP contribution in [0.3, 0.4) is 0 Å². The van der Waals surface area contributed by atoms with Crippen molar-refractivity contribution >= 4 is 27.5 Å². The third-order valence-corrected chi connectivity index (χ3v) is 3.68. The highest BCUT2D eigenvalue weighted by molar-refractivity contribution is 7.88. The second-order valence-corrected chi connectivity index (χ2v) is 7.32. The maximum atomic E-state index is 13.9. The Hall–Kier alpha value is -1.18. The summed E-state index contributed by atoms with van der Waals surface area (Å²) in [7, 11) is -3.46. The first-order valence-electron chi connectivity index (χ1n) is 6.29. The van der Waals surface area contributed by atoms with Gasteiger partial charge in [-0.15, -0.1) is 0 Å². The summed E-state index contributed by atoms with van der Waals surface area (Å²) in [6.07, 6.45) is 0.957. The van der Waals surface area contributed by atoms with Crippen LogP contribution < -0.4 is 10.0 Å². The van der Waals surface area contributed by atoms with Crippen LogP contribution in [-0.2, 0) is 14.8 Å². The monoisotopic (exact) mass is 336 g/mol. The van der Waals surface area contributed by atoms with Crippen LogP contribution in [0.15, 0.2) is 18.2 Å². The maximum Gasteiger partial charge on any atom is 0.235 e. The lowest BCUT2D eigenvalue weighted by Gasteiger charge is -2.23. The van der Waals surface area contributed by atoms with Gasteiger partial charge in [-0.3, -0.25) is 4.79 Å². The van der Waals surface area contributed by atoms with E-state index in [9.17, 15) is 17.6 Å². The van der Waals surface area contributed by atoms with E-state index in [-0.39, 0.29) is 10.9 Å². The zero-order chi connectivity index (χ0) is 16.2. The zero-order valence-corrected chi connectivity index (χ0v) is 13.6. The predicted molar refractivity (Wildman–Crippen MR) is 80.0 cm³/mol. The minimum absolute atomic E-state index is 0.0807. The van der Waals surface area contributed by atoms with Gasteiger partial charge in [0.25, 0.3) is 0 Å². The highest BCUT2D eigenvalue weighted by Gasteiger charge is 2.22. The molecule has 0 aliphatic rings.